The Morgan fingerprint density at radius 1 is 1.00 bits per heavy atom. The summed E-state index contributed by atoms with van der Waals surface area (Å²) < 4.78 is 37.1. The van der Waals surface area contributed by atoms with Crippen LogP contribution in [-0.2, 0) is 14.8 Å². The van der Waals surface area contributed by atoms with E-state index in [1.54, 1.807) is 52.3 Å². The van der Waals surface area contributed by atoms with E-state index < -0.39 is 10.0 Å². The van der Waals surface area contributed by atoms with Gasteiger partial charge in [-0.25, -0.2) is 13.1 Å². The van der Waals surface area contributed by atoms with Crippen molar-refractivity contribution in [3.05, 3.63) is 54.1 Å². The fourth-order valence-corrected chi connectivity index (χ4v) is 3.66. The third-order valence-corrected chi connectivity index (χ3v) is 5.33. The molecule has 150 valence electrons. The van der Waals surface area contributed by atoms with E-state index in [2.05, 4.69) is 10.0 Å². The highest BCUT2D eigenvalue weighted by atomic mass is 32.2. The molecule has 0 saturated carbocycles. The summed E-state index contributed by atoms with van der Waals surface area (Å²) in [4.78, 5) is 12.2. The molecule has 0 saturated heterocycles. The molecule has 1 amide bonds. The van der Waals surface area contributed by atoms with Gasteiger partial charge in [-0.3, -0.25) is 4.79 Å². The SMILES string of the molecule is COc1ccc(C=CC(=O)Nc2ccc(S(=O)(=O)NC(C)C)cc2)cc1OC. The molecule has 0 heterocycles. The molecule has 8 heteroatoms. The molecule has 28 heavy (non-hydrogen) atoms. The van der Waals surface area contributed by atoms with Crippen molar-refractivity contribution in [2.75, 3.05) is 19.5 Å². The molecule has 0 fully saturated rings. The van der Waals surface area contributed by atoms with Gasteiger partial charge < -0.3 is 14.8 Å². The minimum Gasteiger partial charge on any atom is -0.493 e. The van der Waals surface area contributed by atoms with Crippen molar-refractivity contribution >= 4 is 27.7 Å². The number of anilines is 1. The van der Waals surface area contributed by atoms with Crippen LogP contribution in [0.5, 0.6) is 11.5 Å². The van der Waals surface area contributed by atoms with Crippen molar-refractivity contribution in [3.63, 3.8) is 0 Å². The zero-order chi connectivity index (χ0) is 20.7. The molecule has 0 aromatic heterocycles. The van der Waals surface area contributed by atoms with Gasteiger partial charge in [-0.2, -0.15) is 0 Å². The molecule has 0 bridgehead atoms. The minimum absolute atomic E-state index is 0.139. The number of hydrogen-bond donors (Lipinski definition) is 2. The number of carbonyl (C=O) groups excluding carboxylic acids is 1. The number of sulfonamides is 1. The molecular weight excluding hydrogens is 380 g/mol. The molecule has 2 aromatic carbocycles. The Balaban J connectivity index is 2.04. The fourth-order valence-electron chi connectivity index (χ4n) is 2.41. The first-order valence-corrected chi connectivity index (χ1v) is 10.1. The van der Waals surface area contributed by atoms with Crippen molar-refractivity contribution in [1.82, 2.24) is 4.72 Å². The van der Waals surface area contributed by atoms with Gasteiger partial charge >= 0.3 is 0 Å². The standard InChI is InChI=1S/C20H24N2O5S/c1-14(2)22-28(24,25)17-9-7-16(8-10-17)21-20(23)12-6-15-5-11-18(26-3)19(13-15)27-4/h5-14,22H,1-4H3,(H,21,23). The first-order chi connectivity index (χ1) is 13.2. The molecular formula is C20H24N2O5S. The summed E-state index contributed by atoms with van der Waals surface area (Å²) in [5.74, 6) is 0.827. The largest absolute Gasteiger partial charge is 0.493 e. The van der Waals surface area contributed by atoms with E-state index in [1.165, 1.54) is 30.3 Å². The summed E-state index contributed by atoms with van der Waals surface area (Å²) in [5.41, 5.74) is 1.26. The van der Waals surface area contributed by atoms with Crippen LogP contribution in [0.15, 0.2) is 53.4 Å². The average molecular weight is 404 g/mol. The Labute approximate surface area is 165 Å². The number of nitrogens with one attached hydrogen (secondary N) is 2. The number of amides is 1. The average Bonchev–Trinajstić information content (AvgIpc) is 2.65. The molecule has 0 aliphatic heterocycles. The quantitative estimate of drug-likeness (QED) is 0.660. The summed E-state index contributed by atoms with van der Waals surface area (Å²) in [5, 5.41) is 2.69. The predicted octanol–water partition coefficient (Wildman–Crippen LogP) is 3.04. The number of methoxy groups -OCH3 is 2. The number of carbonyl (C=O) groups is 1. The van der Waals surface area contributed by atoms with Crippen LogP contribution in [0.25, 0.3) is 6.08 Å². The first kappa shape index (κ1) is 21.5. The number of rotatable bonds is 8. The van der Waals surface area contributed by atoms with Gasteiger partial charge in [-0.05, 0) is 61.9 Å². The molecule has 0 radical (unpaired) electrons. The van der Waals surface area contributed by atoms with Crippen LogP contribution in [-0.4, -0.2) is 34.6 Å². The summed E-state index contributed by atoms with van der Waals surface area (Å²) in [6.45, 7) is 3.49. The van der Waals surface area contributed by atoms with Gasteiger partial charge in [0.15, 0.2) is 11.5 Å². The lowest BCUT2D eigenvalue weighted by Crippen LogP contribution is -2.30. The van der Waals surface area contributed by atoms with Gasteiger partial charge in [0.25, 0.3) is 0 Å². The molecule has 2 aromatic rings. The second-order valence-electron chi connectivity index (χ2n) is 6.24. The second kappa shape index (κ2) is 9.38. The molecule has 0 unspecified atom stereocenters. The lowest BCUT2D eigenvalue weighted by molar-refractivity contribution is -0.111. The van der Waals surface area contributed by atoms with Crippen molar-refractivity contribution in [3.8, 4) is 11.5 Å². The summed E-state index contributed by atoms with van der Waals surface area (Å²) in [6.07, 6.45) is 3.02. The predicted molar refractivity (Wildman–Crippen MR) is 109 cm³/mol. The van der Waals surface area contributed by atoms with Crippen LogP contribution in [0.1, 0.15) is 19.4 Å². The first-order valence-electron chi connectivity index (χ1n) is 8.58. The van der Waals surface area contributed by atoms with Crippen molar-refractivity contribution in [2.45, 2.75) is 24.8 Å². The zero-order valence-corrected chi connectivity index (χ0v) is 17.0. The van der Waals surface area contributed by atoms with Crippen molar-refractivity contribution in [1.29, 1.82) is 0 Å². The molecule has 0 spiro atoms. The van der Waals surface area contributed by atoms with E-state index in [0.717, 1.165) is 5.56 Å². The topological polar surface area (TPSA) is 93.7 Å². The Morgan fingerprint density at radius 3 is 2.21 bits per heavy atom. The maximum Gasteiger partial charge on any atom is 0.248 e. The van der Waals surface area contributed by atoms with E-state index >= 15 is 0 Å². The van der Waals surface area contributed by atoms with Crippen LogP contribution < -0.4 is 19.5 Å². The van der Waals surface area contributed by atoms with Crippen LogP contribution >= 0.6 is 0 Å². The third kappa shape index (κ3) is 5.83. The highest BCUT2D eigenvalue weighted by molar-refractivity contribution is 7.89. The summed E-state index contributed by atoms with van der Waals surface area (Å²) >= 11 is 0. The monoisotopic (exact) mass is 404 g/mol. The molecule has 0 aliphatic rings. The lowest BCUT2D eigenvalue weighted by Gasteiger charge is -2.10. The van der Waals surface area contributed by atoms with E-state index in [4.69, 9.17) is 9.47 Å². The highest BCUT2D eigenvalue weighted by Crippen LogP contribution is 2.28. The van der Waals surface area contributed by atoms with Gasteiger partial charge in [-0.15, -0.1) is 0 Å². The Kier molecular flexibility index (Phi) is 7.19. The Hall–Kier alpha value is -2.84. The fraction of sp³-hybridized carbons (Fsp3) is 0.250. The van der Waals surface area contributed by atoms with Crippen LogP contribution in [0.2, 0.25) is 0 Å². The van der Waals surface area contributed by atoms with E-state index in [9.17, 15) is 13.2 Å². The van der Waals surface area contributed by atoms with Gasteiger partial charge in [0, 0.05) is 17.8 Å². The maximum absolute atomic E-state index is 12.1. The van der Waals surface area contributed by atoms with Crippen LogP contribution in [0, 0.1) is 0 Å². The summed E-state index contributed by atoms with van der Waals surface area (Å²) in [7, 11) is -0.470. The Morgan fingerprint density at radius 2 is 1.64 bits per heavy atom. The normalized spacial score (nSPS) is 11.6. The minimum atomic E-state index is -3.56. The highest BCUT2D eigenvalue weighted by Gasteiger charge is 2.15. The number of ether oxygens (including phenoxy) is 2. The molecule has 2 rings (SSSR count). The van der Waals surface area contributed by atoms with Gasteiger partial charge in [-0.1, -0.05) is 6.07 Å². The number of hydrogen-bond acceptors (Lipinski definition) is 5. The van der Waals surface area contributed by atoms with Gasteiger partial charge in [0.1, 0.15) is 0 Å². The molecule has 7 nitrogen and oxygen atoms in total. The lowest BCUT2D eigenvalue weighted by atomic mass is 10.2. The van der Waals surface area contributed by atoms with Crippen molar-refractivity contribution < 1.29 is 22.7 Å². The molecule has 2 N–H and O–H groups in total. The van der Waals surface area contributed by atoms with Crippen molar-refractivity contribution in [2.24, 2.45) is 0 Å². The zero-order valence-electron chi connectivity index (χ0n) is 16.2. The Bertz CT molecular complexity index is 951. The van der Waals surface area contributed by atoms with Crippen LogP contribution in [0.3, 0.4) is 0 Å². The molecule has 0 aliphatic carbocycles. The smallest absolute Gasteiger partial charge is 0.248 e. The van der Waals surface area contributed by atoms with E-state index in [1.807, 2.05) is 0 Å². The van der Waals surface area contributed by atoms with E-state index in [0.29, 0.717) is 17.2 Å². The summed E-state index contributed by atoms with van der Waals surface area (Å²) in [6, 6.07) is 11.1. The molecule has 0 atom stereocenters. The van der Waals surface area contributed by atoms with Crippen LogP contribution in [0.4, 0.5) is 5.69 Å². The maximum atomic E-state index is 12.1. The van der Waals surface area contributed by atoms with E-state index in [-0.39, 0.29) is 16.8 Å². The second-order valence-corrected chi connectivity index (χ2v) is 7.95. The van der Waals surface area contributed by atoms with Gasteiger partial charge in [0.05, 0.1) is 19.1 Å². The third-order valence-electron chi connectivity index (χ3n) is 3.66. The van der Waals surface area contributed by atoms with Gasteiger partial charge in [0.2, 0.25) is 15.9 Å². The number of benzene rings is 2.